The smallest absolute Gasteiger partial charge is 0.240 e. The molecule has 0 bridgehead atoms. The summed E-state index contributed by atoms with van der Waals surface area (Å²) in [6.45, 7) is 1.43. The van der Waals surface area contributed by atoms with Crippen molar-refractivity contribution in [2.75, 3.05) is 32.1 Å². The van der Waals surface area contributed by atoms with Crippen LogP contribution in [0, 0.1) is 0 Å². The lowest BCUT2D eigenvalue weighted by Crippen LogP contribution is -2.30. The van der Waals surface area contributed by atoms with Gasteiger partial charge in [0.05, 0.1) is 18.8 Å². The number of amides is 1. The molecule has 22 heavy (non-hydrogen) atoms. The zero-order valence-electron chi connectivity index (χ0n) is 12.0. The van der Waals surface area contributed by atoms with Crippen molar-refractivity contribution in [3.8, 4) is 11.3 Å². The maximum atomic E-state index is 11.7. The van der Waals surface area contributed by atoms with Gasteiger partial charge in [-0.2, -0.15) is 0 Å². The third-order valence-corrected chi connectivity index (χ3v) is 3.76. The SMILES string of the molecule is COCCNCC(=O)Nc1nc(-c2ccccc2Cl)cs1.Cl. The van der Waals surface area contributed by atoms with Gasteiger partial charge < -0.3 is 15.4 Å². The highest BCUT2D eigenvalue weighted by molar-refractivity contribution is 7.14. The molecule has 1 amide bonds. The lowest BCUT2D eigenvalue weighted by molar-refractivity contribution is -0.115. The third kappa shape index (κ3) is 5.55. The fourth-order valence-corrected chi connectivity index (χ4v) is 2.62. The minimum atomic E-state index is -0.133. The zero-order valence-corrected chi connectivity index (χ0v) is 14.4. The molecule has 0 spiro atoms. The Morgan fingerprint density at radius 1 is 1.41 bits per heavy atom. The molecule has 0 saturated heterocycles. The number of methoxy groups -OCH3 is 1. The van der Waals surface area contributed by atoms with Gasteiger partial charge in [-0.15, -0.1) is 23.7 Å². The van der Waals surface area contributed by atoms with Crippen LogP contribution in [0.1, 0.15) is 0 Å². The van der Waals surface area contributed by atoms with Gasteiger partial charge >= 0.3 is 0 Å². The Kier molecular flexibility index (Phi) is 8.37. The summed E-state index contributed by atoms with van der Waals surface area (Å²) in [5, 5.41) is 8.79. The lowest BCUT2D eigenvalue weighted by Gasteiger charge is -2.03. The minimum Gasteiger partial charge on any atom is -0.383 e. The number of anilines is 1. The molecule has 0 saturated carbocycles. The van der Waals surface area contributed by atoms with E-state index >= 15 is 0 Å². The van der Waals surface area contributed by atoms with Crippen molar-refractivity contribution < 1.29 is 9.53 Å². The van der Waals surface area contributed by atoms with E-state index in [0.29, 0.717) is 23.3 Å². The number of aromatic nitrogens is 1. The molecule has 0 fully saturated rings. The van der Waals surface area contributed by atoms with Crippen LogP contribution in [0.4, 0.5) is 5.13 Å². The standard InChI is InChI=1S/C14H16ClN3O2S.ClH/c1-20-7-6-16-8-13(19)18-14-17-12(9-21-14)10-4-2-3-5-11(10)15;/h2-5,9,16H,6-8H2,1H3,(H,17,18,19);1H. The second-order valence-electron chi connectivity index (χ2n) is 4.24. The van der Waals surface area contributed by atoms with E-state index in [4.69, 9.17) is 16.3 Å². The number of halogens is 2. The van der Waals surface area contributed by atoms with Gasteiger partial charge in [0.15, 0.2) is 5.13 Å². The third-order valence-electron chi connectivity index (χ3n) is 2.67. The Bertz CT molecular complexity index is 607. The maximum Gasteiger partial charge on any atom is 0.240 e. The van der Waals surface area contributed by atoms with Gasteiger partial charge in [0.1, 0.15) is 0 Å². The average molecular weight is 362 g/mol. The van der Waals surface area contributed by atoms with Crippen LogP contribution in [0.2, 0.25) is 5.02 Å². The molecule has 5 nitrogen and oxygen atoms in total. The second-order valence-corrected chi connectivity index (χ2v) is 5.50. The van der Waals surface area contributed by atoms with Crippen molar-refractivity contribution in [1.82, 2.24) is 10.3 Å². The maximum absolute atomic E-state index is 11.7. The molecule has 2 N–H and O–H groups in total. The summed E-state index contributed by atoms with van der Waals surface area (Å²) in [6, 6.07) is 7.48. The van der Waals surface area contributed by atoms with Crippen molar-refractivity contribution in [3.63, 3.8) is 0 Å². The van der Waals surface area contributed by atoms with Crippen molar-refractivity contribution in [2.45, 2.75) is 0 Å². The van der Waals surface area contributed by atoms with Crippen LogP contribution in [0.5, 0.6) is 0 Å². The summed E-state index contributed by atoms with van der Waals surface area (Å²) >= 11 is 7.50. The average Bonchev–Trinajstić information content (AvgIpc) is 2.92. The van der Waals surface area contributed by atoms with Gasteiger partial charge in [-0.1, -0.05) is 29.8 Å². The molecule has 0 unspecified atom stereocenters. The molecule has 1 heterocycles. The molecule has 0 aliphatic carbocycles. The second kappa shape index (κ2) is 9.76. The number of benzene rings is 1. The zero-order chi connectivity index (χ0) is 15.1. The van der Waals surface area contributed by atoms with Crippen molar-refractivity contribution in [1.29, 1.82) is 0 Å². The first-order chi connectivity index (χ1) is 10.2. The number of carbonyl (C=O) groups excluding carboxylic acids is 1. The van der Waals surface area contributed by atoms with Gasteiger partial charge in [0, 0.05) is 29.6 Å². The first-order valence-electron chi connectivity index (χ1n) is 6.40. The Morgan fingerprint density at radius 3 is 2.91 bits per heavy atom. The summed E-state index contributed by atoms with van der Waals surface area (Å²) in [7, 11) is 1.62. The van der Waals surface area contributed by atoms with E-state index in [9.17, 15) is 4.79 Å². The van der Waals surface area contributed by atoms with Crippen LogP contribution >= 0.6 is 35.3 Å². The molecule has 0 aliphatic rings. The summed E-state index contributed by atoms with van der Waals surface area (Å²) in [5.41, 5.74) is 1.61. The van der Waals surface area contributed by atoms with Crippen molar-refractivity contribution >= 4 is 46.4 Å². The van der Waals surface area contributed by atoms with Crippen LogP contribution in [0.3, 0.4) is 0 Å². The summed E-state index contributed by atoms with van der Waals surface area (Å²) < 4.78 is 4.89. The minimum absolute atomic E-state index is 0. The topological polar surface area (TPSA) is 63.2 Å². The van der Waals surface area contributed by atoms with E-state index < -0.39 is 0 Å². The van der Waals surface area contributed by atoms with Gasteiger partial charge in [-0.25, -0.2) is 4.98 Å². The van der Waals surface area contributed by atoms with E-state index in [-0.39, 0.29) is 24.9 Å². The molecule has 1 aromatic carbocycles. The first kappa shape index (κ1) is 18.9. The van der Waals surface area contributed by atoms with Crippen LogP contribution in [0.25, 0.3) is 11.3 Å². The molecule has 2 rings (SSSR count). The number of hydrogen-bond acceptors (Lipinski definition) is 5. The van der Waals surface area contributed by atoms with Gasteiger partial charge in [-0.05, 0) is 6.07 Å². The number of carbonyl (C=O) groups is 1. The van der Waals surface area contributed by atoms with Crippen molar-refractivity contribution in [3.05, 3.63) is 34.7 Å². The Hall–Kier alpha value is -1.18. The molecular formula is C14H17Cl2N3O2S. The molecular weight excluding hydrogens is 345 g/mol. The highest BCUT2D eigenvalue weighted by Crippen LogP contribution is 2.30. The first-order valence-corrected chi connectivity index (χ1v) is 7.66. The largest absolute Gasteiger partial charge is 0.383 e. The molecule has 8 heteroatoms. The molecule has 120 valence electrons. The number of ether oxygens (including phenoxy) is 1. The van der Waals surface area contributed by atoms with Crippen LogP contribution in [-0.2, 0) is 9.53 Å². The molecule has 0 atom stereocenters. The van der Waals surface area contributed by atoms with E-state index in [2.05, 4.69) is 15.6 Å². The van der Waals surface area contributed by atoms with E-state index in [0.717, 1.165) is 11.3 Å². The quantitative estimate of drug-likeness (QED) is 0.743. The Balaban J connectivity index is 0.00000242. The van der Waals surface area contributed by atoms with Gasteiger partial charge in [-0.3, -0.25) is 4.79 Å². The predicted octanol–water partition coefficient (Wildman–Crippen LogP) is 3.06. The normalized spacial score (nSPS) is 10.1. The highest BCUT2D eigenvalue weighted by Gasteiger charge is 2.09. The molecule has 1 aromatic heterocycles. The summed E-state index contributed by atoms with van der Waals surface area (Å²) in [4.78, 5) is 16.1. The fourth-order valence-electron chi connectivity index (χ4n) is 1.66. The number of nitrogens with one attached hydrogen (secondary N) is 2. The van der Waals surface area contributed by atoms with Crippen LogP contribution in [0.15, 0.2) is 29.6 Å². The van der Waals surface area contributed by atoms with E-state index in [1.54, 1.807) is 7.11 Å². The Labute approximate surface area is 144 Å². The van der Waals surface area contributed by atoms with E-state index in [1.807, 2.05) is 29.6 Å². The van der Waals surface area contributed by atoms with Crippen molar-refractivity contribution in [2.24, 2.45) is 0 Å². The Morgan fingerprint density at radius 2 is 2.18 bits per heavy atom. The lowest BCUT2D eigenvalue weighted by atomic mass is 10.2. The molecule has 2 aromatic rings. The van der Waals surface area contributed by atoms with Gasteiger partial charge in [0.25, 0.3) is 0 Å². The predicted molar refractivity (Wildman–Crippen MR) is 93.2 cm³/mol. The number of nitrogens with zero attached hydrogens (tertiary/aromatic N) is 1. The summed E-state index contributed by atoms with van der Waals surface area (Å²) in [5.74, 6) is -0.133. The highest BCUT2D eigenvalue weighted by atomic mass is 35.5. The molecule has 0 aliphatic heterocycles. The fraction of sp³-hybridized carbons (Fsp3) is 0.286. The van der Waals surface area contributed by atoms with Crippen LogP contribution < -0.4 is 10.6 Å². The number of rotatable bonds is 7. The van der Waals surface area contributed by atoms with E-state index in [1.165, 1.54) is 11.3 Å². The molecule has 0 radical (unpaired) electrons. The monoisotopic (exact) mass is 361 g/mol. The van der Waals surface area contributed by atoms with Gasteiger partial charge in [0.2, 0.25) is 5.91 Å². The number of thiazole rings is 1. The number of hydrogen-bond donors (Lipinski definition) is 2. The summed E-state index contributed by atoms with van der Waals surface area (Å²) in [6.07, 6.45) is 0. The van der Waals surface area contributed by atoms with Crippen LogP contribution in [-0.4, -0.2) is 37.7 Å².